The summed E-state index contributed by atoms with van der Waals surface area (Å²) in [6, 6.07) is 0. The molecule has 1 heterocycles. The minimum Gasteiger partial charge on any atom is -0.338 e. The first kappa shape index (κ1) is 9.18. The van der Waals surface area contributed by atoms with Gasteiger partial charge in [-0.2, -0.15) is 8.42 Å². The van der Waals surface area contributed by atoms with Crippen molar-refractivity contribution in [2.45, 2.75) is 6.42 Å². The number of halogens is 1. The number of imidazole rings is 1. The molecule has 0 atom stereocenters. The lowest BCUT2D eigenvalue weighted by Crippen LogP contribution is -2.06. The average Bonchev–Trinajstić information content (AvgIpc) is 2.29. The van der Waals surface area contributed by atoms with Gasteiger partial charge in [0.1, 0.15) is 5.82 Å². The van der Waals surface area contributed by atoms with Crippen LogP contribution in [-0.2, 0) is 23.7 Å². The number of hydrogen-bond donors (Lipinski definition) is 0. The van der Waals surface area contributed by atoms with E-state index in [0.29, 0.717) is 5.82 Å². The van der Waals surface area contributed by atoms with Gasteiger partial charge in [-0.1, -0.05) is 0 Å². The standard InChI is InChI=1S/C6H9FN2O2S/c1-9-4-3-8-6(9)2-5-12(7,10)11/h3-4H,2,5H2,1H3. The van der Waals surface area contributed by atoms with Crippen LogP contribution in [-0.4, -0.2) is 23.7 Å². The van der Waals surface area contributed by atoms with E-state index in [2.05, 4.69) is 4.98 Å². The van der Waals surface area contributed by atoms with Crippen LogP contribution in [0.4, 0.5) is 3.89 Å². The first-order valence-electron chi connectivity index (χ1n) is 3.37. The molecule has 0 bridgehead atoms. The Kier molecular flexibility index (Phi) is 2.46. The molecule has 68 valence electrons. The molecule has 0 aliphatic rings. The Bertz CT molecular complexity index is 357. The SMILES string of the molecule is Cn1ccnc1CCS(=O)(=O)F. The minimum absolute atomic E-state index is 0.113. The van der Waals surface area contributed by atoms with Gasteiger partial charge < -0.3 is 4.57 Å². The van der Waals surface area contributed by atoms with Crippen molar-refractivity contribution >= 4 is 10.2 Å². The van der Waals surface area contributed by atoms with Crippen molar-refractivity contribution < 1.29 is 12.3 Å². The smallest absolute Gasteiger partial charge is 0.302 e. The Labute approximate surface area is 70.3 Å². The third-order valence-electron chi connectivity index (χ3n) is 1.49. The van der Waals surface area contributed by atoms with Crippen LogP contribution in [0.3, 0.4) is 0 Å². The summed E-state index contributed by atoms with van der Waals surface area (Å²) in [6.45, 7) is 0. The fraction of sp³-hybridized carbons (Fsp3) is 0.500. The molecule has 0 saturated heterocycles. The van der Waals surface area contributed by atoms with Gasteiger partial charge >= 0.3 is 10.2 Å². The molecule has 0 aliphatic carbocycles. The minimum atomic E-state index is -4.37. The first-order chi connectivity index (χ1) is 5.49. The summed E-state index contributed by atoms with van der Waals surface area (Å²) in [4.78, 5) is 3.85. The first-order valence-corrected chi connectivity index (χ1v) is 4.93. The Morgan fingerprint density at radius 1 is 1.67 bits per heavy atom. The van der Waals surface area contributed by atoms with Crippen molar-refractivity contribution in [1.29, 1.82) is 0 Å². The van der Waals surface area contributed by atoms with Crippen molar-refractivity contribution in [2.75, 3.05) is 5.75 Å². The molecule has 0 aliphatic heterocycles. The molecule has 4 nitrogen and oxygen atoms in total. The van der Waals surface area contributed by atoms with E-state index in [1.54, 1.807) is 24.0 Å². The predicted molar refractivity (Wildman–Crippen MR) is 41.8 cm³/mol. The quantitative estimate of drug-likeness (QED) is 0.645. The van der Waals surface area contributed by atoms with Gasteiger partial charge in [0.15, 0.2) is 0 Å². The fourth-order valence-corrected chi connectivity index (χ4v) is 1.28. The molecule has 1 aromatic heterocycles. The summed E-state index contributed by atoms with van der Waals surface area (Å²) in [7, 11) is -2.64. The van der Waals surface area contributed by atoms with E-state index in [0.717, 1.165) is 0 Å². The topological polar surface area (TPSA) is 52.0 Å². The number of aromatic nitrogens is 2. The van der Waals surface area contributed by atoms with E-state index in [1.807, 2.05) is 0 Å². The normalized spacial score (nSPS) is 11.8. The summed E-state index contributed by atoms with van der Waals surface area (Å²) in [6.07, 6.45) is 3.34. The average molecular weight is 192 g/mol. The maximum atomic E-state index is 12.0. The molecular weight excluding hydrogens is 183 g/mol. The number of rotatable bonds is 3. The Hall–Kier alpha value is -0.910. The third kappa shape index (κ3) is 2.61. The highest BCUT2D eigenvalue weighted by atomic mass is 32.3. The van der Waals surface area contributed by atoms with Crippen molar-refractivity contribution in [3.05, 3.63) is 18.2 Å². The summed E-state index contributed by atoms with van der Waals surface area (Å²) in [5, 5.41) is 0. The monoisotopic (exact) mass is 192 g/mol. The van der Waals surface area contributed by atoms with Crippen molar-refractivity contribution in [3.8, 4) is 0 Å². The summed E-state index contributed by atoms with van der Waals surface area (Å²) in [5.74, 6) is 0.0638. The Balaban J connectivity index is 2.61. The lowest BCUT2D eigenvalue weighted by molar-refractivity contribution is 0.550. The van der Waals surface area contributed by atoms with E-state index >= 15 is 0 Å². The Morgan fingerprint density at radius 3 is 2.75 bits per heavy atom. The van der Waals surface area contributed by atoms with E-state index in [1.165, 1.54) is 0 Å². The second kappa shape index (κ2) is 3.22. The van der Waals surface area contributed by atoms with Gasteiger partial charge in [-0.15, -0.1) is 3.89 Å². The van der Waals surface area contributed by atoms with Crippen LogP contribution in [0.1, 0.15) is 5.82 Å². The molecule has 0 spiro atoms. The van der Waals surface area contributed by atoms with Gasteiger partial charge in [0.25, 0.3) is 0 Å². The number of nitrogens with zero attached hydrogens (tertiary/aromatic N) is 2. The van der Waals surface area contributed by atoms with E-state index in [9.17, 15) is 12.3 Å². The highest BCUT2D eigenvalue weighted by Crippen LogP contribution is 1.99. The summed E-state index contributed by atoms with van der Waals surface area (Å²) >= 11 is 0. The second-order valence-corrected chi connectivity index (χ2v) is 3.93. The van der Waals surface area contributed by atoms with Crippen LogP contribution in [0.2, 0.25) is 0 Å². The highest BCUT2D eigenvalue weighted by molar-refractivity contribution is 7.86. The van der Waals surface area contributed by atoms with Crippen LogP contribution in [0, 0.1) is 0 Å². The molecule has 12 heavy (non-hydrogen) atoms. The molecular formula is C6H9FN2O2S. The van der Waals surface area contributed by atoms with Crippen molar-refractivity contribution in [1.82, 2.24) is 9.55 Å². The van der Waals surface area contributed by atoms with Crippen LogP contribution in [0.25, 0.3) is 0 Å². The van der Waals surface area contributed by atoms with Gasteiger partial charge in [0.05, 0.1) is 5.75 Å². The largest absolute Gasteiger partial charge is 0.338 e. The molecule has 0 saturated carbocycles. The van der Waals surface area contributed by atoms with Crippen molar-refractivity contribution in [2.24, 2.45) is 7.05 Å². The number of aryl methyl sites for hydroxylation is 2. The zero-order valence-electron chi connectivity index (χ0n) is 6.57. The van der Waals surface area contributed by atoms with E-state index < -0.39 is 16.0 Å². The van der Waals surface area contributed by atoms with Gasteiger partial charge in [0, 0.05) is 25.9 Å². The molecule has 0 aromatic carbocycles. The van der Waals surface area contributed by atoms with Crippen molar-refractivity contribution in [3.63, 3.8) is 0 Å². The molecule has 0 fully saturated rings. The molecule has 6 heteroatoms. The second-order valence-electron chi connectivity index (χ2n) is 2.45. The zero-order valence-corrected chi connectivity index (χ0v) is 7.38. The van der Waals surface area contributed by atoms with Crippen LogP contribution >= 0.6 is 0 Å². The van der Waals surface area contributed by atoms with Gasteiger partial charge in [-0.3, -0.25) is 0 Å². The maximum absolute atomic E-state index is 12.0. The Morgan fingerprint density at radius 2 is 2.33 bits per heavy atom. The van der Waals surface area contributed by atoms with Crippen LogP contribution in [0.15, 0.2) is 12.4 Å². The fourth-order valence-electron chi connectivity index (χ4n) is 0.851. The predicted octanol–water partition coefficient (Wildman–Crippen LogP) is 0.262. The molecule has 1 aromatic rings. The van der Waals surface area contributed by atoms with E-state index in [4.69, 9.17) is 0 Å². The maximum Gasteiger partial charge on any atom is 0.302 e. The molecule has 0 N–H and O–H groups in total. The highest BCUT2D eigenvalue weighted by Gasteiger charge is 2.09. The zero-order chi connectivity index (χ0) is 9.19. The van der Waals surface area contributed by atoms with Gasteiger partial charge in [-0.05, 0) is 0 Å². The lowest BCUT2D eigenvalue weighted by atomic mass is 10.4. The van der Waals surface area contributed by atoms with Crippen LogP contribution in [0.5, 0.6) is 0 Å². The molecule has 0 radical (unpaired) electrons. The lowest BCUT2D eigenvalue weighted by Gasteiger charge is -1.97. The summed E-state index contributed by atoms with van der Waals surface area (Å²) < 4.78 is 34.0. The van der Waals surface area contributed by atoms with Gasteiger partial charge in [-0.25, -0.2) is 4.98 Å². The van der Waals surface area contributed by atoms with E-state index in [-0.39, 0.29) is 6.42 Å². The third-order valence-corrected chi connectivity index (χ3v) is 2.18. The molecule has 0 amide bonds. The van der Waals surface area contributed by atoms with Crippen LogP contribution < -0.4 is 0 Å². The van der Waals surface area contributed by atoms with Gasteiger partial charge in [0.2, 0.25) is 0 Å². The number of hydrogen-bond acceptors (Lipinski definition) is 3. The molecule has 0 unspecified atom stereocenters. The summed E-state index contributed by atoms with van der Waals surface area (Å²) in [5.41, 5.74) is 0. The molecule has 1 rings (SSSR count).